The first-order valence-corrected chi connectivity index (χ1v) is 8.24. The second-order valence-electron chi connectivity index (χ2n) is 4.75. The van der Waals surface area contributed by atoms with Crippen molar-refractivity contribution in [3.63, 3.8) is 0 Å². The first kappa shape index (κ1) is 12.4. The van der Waals surface area contributed by atoms with Crippen LogP contribution in [0.15, 0.2) is 22.7 Å². The minimum atomic E-state index is 0.492. The number of imidazole rings is 1. The van der Waals surface area contributed by atoms with E-state index in [1.807, 2.05) is 17.8 Å². The predicted molar refractivity (Wildman–Crippen MR) is 82.0 cm³/mol. The molecule has 3 nitrogen and oxygen atoms in total. The number of halogens is 1. The summed E-state index contributed by atoms with van der Waals surface area (Å²) in [6.07, 6.45) is 5.96. The summed E-state index contributed by atoms with van der Waals surface area (Å²) in [6.45, 7) is 0. The molecule has 96 valence electrons. The van der Waals surface area contributed by atoms with Crippen LogP contribution in [0.1, 0.15) is 25.3 Å². The van der Waals surface area contributed by atoms with Gasteiger partial charge in [0.25, 0.3) is 0 Å². The van der Waals surface area contributed by atoms with Crippen molar-refractivity contribution in [3.05, 3.63) is 22.7 Å². The van der Waals surface area contributed by atoms with Crippen LogP contribution in [-0.4, -0.2) is 21.1 Å². The summed E-state index contributed by atoms with van der Waals surface area (Å²) >= 11 is 5.43. The molecule has 1 heterocycles. The third-order valence-corrected chi connectivity index (χ3v) is 5.38. The maximum Gasteiger partial charge on any atom is 0.201 e. The summed E-state index contributed by atoms with van der Waals surface area (Å²) in [6, 6.07) is 6.69. The van der Waals surface area contributed by atoms with E-state index in [1.165, 1.54) is 19.3 Å². The molecule has 0 saturated heterocycles. The van der Waals surface area contributed by atoms with Crippen LogP contribution in [0.2, 0.25) is 0 Å². The van der Waals surface area contributed by atoms with Crippen LogP contribution in [0, 0.1) is 0 Å². The van der Waals surface area contributed by atoms with E-state index < -0.39 is 0 Å². The number of rotatable bonds is 2. The molecule has 0 amide bonds. The van der Waals surface area contributed by atoms with Crippen LogP contribution in [0.5, 0.6) is 0 Å². The first-order valence-electron chi connectivity index (χ1n) is 6.16. The van der Waals surface area contributed by atoms with Gasteiger partial charge < -0.3 is 10.3 Å². The molecule has 0 aliphatic heterocycles. The average molecular weight is 326 g/mol. The van der Waals surface area contributed by atoms with E-state index in [2.05, 4.69) is 43.9 Å². The van der Waals surface area contributed by atoms with Crippen LogP contribution in [0.25, 0.3) is 11.0 Å². The van der Waals surface area contributed by atoms with Gasteiger partial charge in [0.05, 0.1) is 11.0 Å². The lowest BCUT2D eigenvalue weighted by atomic mass is 10.2. The number of anilines is 1. The number of nitrogen functional groups attached to an aromatic ring is 1. The highest BCUT2D eigenvalue weighted by Gasteiger charge is 2.30. The minimum Gasteiger partial charge on any atom is -0.369 e. The Morgan fingerprint density at radius 2 is 2.28 bits per heavy atom. The van der Waals surface area contributed by atoms with Crippen LogP contribution in [0.3, 0.4) is 0 Å². The highest BCUT2D eigenvalue weighted by atomic mass is 79.9. The molecular weight excluding hydrogens is 310 g/mol. The van der Waals surface area contributed by atoms with Gasteiger partial charge in [-0.15, -0.1) is 0 Å². The van der Waals surface area contributed by atoms with Crippen molar-refractivity contribution in [2.45, 2.75) is 30.6 Å². The van der Waals surface area contributed by atoms with Crippen LogP contribution in [0.4, 0.5) is 5.95 Å². The van der Waals surface area contributed by atoms with Crippen LogP contribution < -0.4 is 5.73 Å². The quantitative estimate of drug-likeness (QED) is 0.912. The first-order chi connectivity index (χ1) is 8.70. The monoisotopic (exact) mass is 325 g/mol. The molecule has 2 aromatic rings. The van der Waals surface area contributed by atoms with E-state index in [4.69, 9.17) is 5.73 Å². The molecule has 3 rings (SSSR count). The molecule has 2 N–H and O–H groups in total. The normalized spacial score (nSPS) is 23.9. The Hall–Kier alpha value is -0.680. The molecule has 1 aromatic heterocycles. The number of benzene rings is 1. The van der Waals surface area contributed by atoms with Gasteiger partial charge in [0, 0.05) is 15.8 Å². The number of thioether (sulfide) groups is 1. The number of nitrogens with zero attached hydrogens (tertiary/aromatic N) is 2. The Morgan fingerprint density at radius 1 is 1.44 bits per heavy atom. The second-order valence-corrected chi connectivity index (χ2v) is 6.74. The van der Waals surface area contributed by atoms with E-state index in [0.29, 0.717) is 17.2 Å². The van der Waals surface area contributed by atoms with Crippen molar-refractivity contribution < 1.29 is 0 Å². The highest BCUT2D eigenvalue weighted by Crippen LogP contribution is 2.40. The predicted octanol–water partition coefficient (Wildman–Crippen LogP) is 3.84. The van der Waals surface area contributed by atoms with Gasteiger partial charge in [-0.05, 0) is 37.3 Å². The number of hydrogen-bond donors (Lipinski definition) is 1. The minimum absolute atomic E-state index is 0.492. The molecule has 0 bridgehead atoms. The Kier molecular flexibility index (Phi) is 3.28. The fourth-order valence-electron chi connectivity index (χ4n) is 2.92. The van der Waals surface area contributed by atoms with Gasteiger partial charge in [-0.3, -0.25) is 0 Å². The molecule has 1 saturated carbocycles. The summed E-state index contributed by atoms with van der Waals surface area (Å²) in [4.78, 5) is 4.49. The smallest absolute Gasteiger partial charge is 0.201 e. The topological polar surface area (TPSA) is 43.8 Å². The number of hydrogen-bond acceptors (Lipinski definition) is 3. The molecule has 0 radical (unpaired) electrons. The highest BCUT2D eigenvalue weighted by molar-refractivity contribution is 9.10. The summed E-state index contributed by atoms with van der Waals surface area (Å²) in [5, 5.41) is 0.661. The third-order valence-electron chi connectivity index (χ3n) is 3.73. The zero-order chi connectivity index (χ0) is 12.7. The van der Waals surface area contributed by atoms with Crippen molar-refractivity contribution in [1.82, 2.24) is 9.55 Å². The summed E-state index contributed by atoms with van der Waals surface area (Å²) < 4.78 is 3.28. The fourth-order valence-corrected chi connectivity index (χ4v) is 4.24. The lowest BCUT2D eigenvalue weighted by Crippen LogP contribution is -2.17. The van der Waals surface area contributed by atoms with Crippen molar-refractivity contribution in [2.24, 2.45) is 0 Å². The molecular formula is C13H16BrN3S. The molecule has 2 atom stereocenters. The Balaban J connectivity index is 2.13. The van der Waals surface area contributed by atoms with Crippen LogP contribution in [-0.2, 0) is 0 Å². The standard InChI is InChI=1S/C13H16BrN3S/c1-18-12-4-2-3-11(12)17-10-6-5-8(14)7-9(10)16-13(17)15/h5-7,11-12H,2-4H2,1H3,(H2,15,16). The van der Waals surface area contributed by atoms with Crippen molar-refractivity contribution in [1.29, 1.82) is 0 Å². The van der Waals surface area contributed by atoms with E-state index >= 15 is 0 Å². The van der Waals surface area contributed by atoms with E-state index in [0.717, 1.165) is 15.5 Å². The van der Waals surface area contributed by atoms with Gasteiger partial charge in [0.1, 0.15) is 0 Å². The molecule has 1 aliphatic rings. The van der Waals surface area contributed by atoms with Crippen molar-refractivity contribution in [2.75, 3.05) is 12.0 Å². The van der Waals surface area contributed by atoms with Gasteiger partial charge in [0.2, 0.25) is 5.95 Å². The third kappa shape index (κ3) is 1.93. The summed E-state index contributed by atoms with van der Waals surface area (Å²) in [5.41, 5.74) is 8.26. The average Bonchev–Trinajstić information content (AvgIpc) is 2.90. The Labute approximate surface area is 119 Å². The van der Waals surface area contributed by atoms with E-state index in [9.17, 15) is 0 Å². The number of aromatic nitrogens is 2. The van der Waals surface area contributed by atoms with Crippen molar-refractivity contribution in [3.8, 4) is 0 Å². The molecule has 5 heteroatoms. The second kappa shape index (κ2) is 4.78. The lowest BCUT2D eigenvalue weighted by Gasteiger charge is -2.21. The largest absolute Gasteiger partial charge is 0.369 e. The van der Waals surface area contributed by atoms with Gasteiger partial charge in [0.15, 0.2) is 0 Å². The van der Waals surface area contributed by atoms with Gasteiger partial charge in [-0.25, -0.2) is 4.98 Å². The van der Waals surface area contributed by atoms with E-state index in [1.54, 1.807) is 0 Å². The molecule has 2 unspecified atom stereocenters. The summed E-state index contributed by atoms with van der Waals surface area (Å²) in [5.74, 6) is 0.647. The Bertz CT molecular complexity index is 581. The van der Waals surface area contributed by atoms with Crippen LogP contribution >= 0.6 is 27.7 Å². The molecule has 1 aromatic carbocycles. The molecule has 0 spiro atoms. The van der Waals surface area contributed by atoms with Gasteiger partial charge in [-0.1, -0.05) is 22.4 Å². The van der Waals surface area contributed by atoms with Gasteiger partial charge in [-0.2, -0.15) is 11.8 Å². The maximum absolute atomic E-state index is 6.13. The SMILES string of the molecule is CSC1CCCC1n1c(N)nc2cc(Br)ccc21. The van der Waals surface area contributed by atoms with Gasteiger partial charge >= 0.3 is 0 Å². The molecule has 18 heavy (non-hydrogen) atoms. The fraction of sp³-hybridized carbons (Fsp3) is 0.462. The van der Waals surface area contributed by atoms with E-state index in [-0.39, 0.29) is 0 Å². The maximum atomic E-state index is 6.13. The molecule has 1 fully saturated rings. The lowest BCUT2D eigenvalue weighted by molar-refractivity contribution is 0.550. The summed E-state index contributed by atoms with van der Waals surface area (Å²) in [7, 11) is 0. The zero-order valence-electron chi connectivity index (χ0n) is 10.3. The molecule has 1 aliphatic carbocycles. The zero-order valence-corrected chi connectivity index (χ0v) is 12.7. The number of fused-ring (bicyclic) bond motifs is 1. The van der Waals surface area contributed by atoms with Crippen molar-refractivity contribution >= 4 is 44.7 Å². The Morgan fingerprint density at radius 3 is 3.06 bits per heavy atom. The number of nitrogens with two attached hydrogens (primary N) is 1.